The Labute approximate surface area is 76.0 Å². The lowest BCUT2D eigenvalue weighted by Gasteiger charge is -2.05. The Morgan fingerprint density at radius 2 is 1.85 bits per heavy atom. The third-order valence-electron chi connectivity index (χ3n) is 2.00. The largest absolute Gasteiger partial charge is 0.469 e. The molecular formula is C8H12O5. The maximum absolute atomic E-state index is 11.0. The second-order valence-corrected chi connectivity index (χ2v) is 2.80. The van der Waals surface area contributed by atoms with Crippen molar-refractivity contribution in [3.63, 3.8) is 0 Å². The van der Waals surface area contributed by atoms with Crippen molar-refractivity contribution in [3.8, 4) is 0 Å². The van der Waals surface area contributed by atoms with E-state index >= 15 is 0 Å². The first-order valence-corrected chi connectivity index (χ1v) is 3.96. The number of hydrogen-bond donors (Lipinski definition) is 0. The highest BCUT2D eigenvalue weighted by Crippen LogP contribution is 2.21. The number of rotatable bonds is 2. The summed E-state index contributed by atoms with van der Waals surface area (Å²) in [5, 5.41) is 0. The summed E-state index contributed by atoms with van der Waals surface area (Å²) in [6, 6.07) is 0. The molecule has 74 valence electrons. The molecule has 1 fully saturated rings. The van der Waals surface area contributed by atoms with Crippen LogP contribution in [0.25, 0.3) is 0 Å². The van der Waals surface area contributed by atoms with Gasteiger partial charge in [-0.2, -0.15) is 0 Å². The fourth-order valence-electron chi connectivity index (χ4n) is 1.25. The van der Waals surface area contributed by atoms with Gasteiger partial charge in [-0.1, -0.05) is 0 Å². The average Bonchev–Trinajstić information content (AvgIpc) is 2.64. The van der Waals surface area contributed by atoms with Crippen molar-refractivity contribution < 1.29 is 23.8 Å². The Morgan fingerprint density at radius 3 is 2.38 bits per heavy atom. The molecule has 0 aliphatic carbocycles. The molecule has 0 amide bonds. The smallest absolute Gasteiger partial charge is 0.334 e. The minimum absolute atomic E-state index is 0.229. The molecule has 2 unspecified atom stereocenters. The zero-order valence-corrected chi connectivity index (χ0v) is 7.61. The number of methoxy groups -OCH3 is 2. The first-order chi connectivity index (χ1) is 6.19. The van der Waals surface area contributed by atoms with E-state index in [1.807, 2.05) is 0 Å². The van der Waals surface area contributed by atoms with Gasteiger partial charge in [0.25, 0.3) is 0 Å². The van der Waals surface area contributed by atoms with E-state index in [0.717, 1.165) is 0 Å². The van der Waals surface area contributed by atoms with Crippen molar-refractivity contribution in [2.45, 2.75) is 12.5 Å². The van der Waals surface area contributed by atoms with E-state index in [0.29, 0.717) is 6.42 Å². The van der Waals surface area contributed by atoms with E-state index in [2.05, 4.69) is 9.47 Å². The van der Waals surface area contributed by atoms with E-state index in [1.165, 1.54) is 14.2 Å². The van der Waals surface area contributed by atoms with Gasteiger partial charge in [-0.15, -0.1) is 0 Å². The summed E-state index contributed by atoms with van der Waals surface area (Å²) in [5.74, 6) is -1.12. The van der Waals surface area contributed by atoms with Gasteiger partial charge < -0.3 is 14.2 Å². The van der Waals surface area contributed by atoms with Crippen molar-refractivity contribution >= 4 is 11.9 Å². The monoisotopic (exact) mass is 188 g/mol. The molecule has 0 bridgehead atoms. The van der Waals surface area contributed by atoms with Gasteiger partial charge in [-0.25, -0.2) is 4.79 Å². The molecule has 0 radical (unpaired) electrons. The minimum Gasteiger partial charge on any atom is -0.469 e. The first kappa shape index (κ1) is 9.98. The summed E-state index contributed by atoms with van der Waals surface area (Å²) in [4.78, 5) is 22.0. The summed E-state index contributed by atoms with van der Waals surface area (Å²) >= 11 is 0. The second kappa shape index (κ2) is 4.23. The van der Waals surface area contributed by atoms with Crippen LogP contribution in [-0.2, 0) is 23.8 Å². The SMILES string of the molecule is COC(=O)C1COC(C(=O)OC)C1. The van der Waals surface area contributed by atoms with Gasteiger partial charge in [0.15, 0.2) is 6.10 Å². The van der Waals surface area contributed by atoms with E-state index in [4.69, 9.17) is 4.74 Å². The van der Waals surface area contributed by atoms with Crippen LogP contribution in [0.5, 0.6) is 0 Å². The van der Waals surface area contributed by atoms with Gasteiger partial charge in [0.1, 0.15) is 0 Å². The van der Waals surface area contributed by atoms with Crippen LogP contribution in [0.1, 0.15) is 6.42 Å². The highest BCUT2D eigenvalue weighted by atomic mass is 16.6. The lowest BCUT2D eigenvalue weighted by molar-refractivity contribution is -0.151. The number of carbonyl (C=O) groups excluding carboxylic acids is 2. The molecule has 0 saturated carbocycles. The van der Waals surface area contributed by atoms with Crippen LogP contribution in [0.4, 0.5) is 0 Å². The topological polar surface area (TPSA) is 61.8 Å². The van der Waals surface area contributed by atoms with Crippen LogP contribution >= 0.6 is 0 Å². The molecule has 0 aromatic carbocycles. The Hall–Kier alpha value is -1.10. The zero-order valence-electron chi connectivity index (χ0n) is 7.61. The summed E-state index contributed by atoms with van der Waals surface area (Å²) < 4.78 is 14.1. The van der Waals surface area contributed by atoms with Crippen molar-refractivity contribution in [1.82, 2.24) is 0 Å². The standard InChI is InChI=1S/C8H12O5/c1-11-7(9)5-3-6(13-4-5)8(10)12-2/h5-6H,3-4H2,1-2H3. The molecule has 13 heavy (non-hydrogen) atoms. The predicted molar refractivity (Wildman–Crippen MR) is 41.9 cm³/mol. The fourth-order valence-corrected chi connectivity index (χ4v) is 1.25. The van der Waals surface area contributed by atoms with Crippen molar-refractivity contribution in [2.75, 3.05) is 20.8 Å². The molecule has 1 saturated heterocycles. The molecule has 2 atom stereocenters. The third kappa shape index (κ3) is 2.18. The molecular weight excluding hydrogens is 176 g/mol. The van der Waals surface area contributed by atoms with E-state index < -0.39 is 12.1 Å². The molecule has 0 aromatic heterocycles. The molecule has 1 aliphatic heterocycles. The Kier molecular flexibility index (Phi) is 3.25. The van der Waals surface area contributed by atoms with Crippen LogP contribution in [-0.4, -0.2) is 38.9 Å². The number of ether oxygens (including phenoxy) is 3. The normalized spacial score (nSPS) is 26.9. The van der Waals surface area contributed by atoms with E-state index in [1.54, 1.807) is 0 Å². The van der Waals surface area contributed by atoms with Crippen LogP contribution in [0.15, 0.2) is 0 Å². The highest BCUT2D eigenvalue weighted by Gasteiger charge is 2.36. The summed E-state index contributed by atoms with van der Waals surface area (Å²) in [6.07, 6.45) is -0.270. The van der Waals surface area contributed by atoms with Gasteiger partial charge >= 0.3 is 11.9 Å². The van der Waals surface area contributed by atoms with Gasteiger partial charge in [-0.05, 0) is 6.42 Å². The maximum atomic E-state index is 11.0. The van der Waals surface area contributed by atoms with Crippen molar-refractivity contribution in [1.29, 1.82) is 0 Å². The second-order valence-electron chi connectivity index (χ2n) is 2.80. The average molecular weight is 188 g/mol. The Balaban J connectivity index is 2.44. The van der Waals surface area contributed by atoms with E-state index in [9.17, 15) is 9.59 Å². The summed E-state index contributed by atoms with van der Waals surface area (Å²) in [6.45, 7) is 0.229. The molecule has 1 rings (SSSR count). The molecule has 1 aliphatic rings. The van der Waals surface area contributed by atoms with Crippen LogP contribution in [0.3, 0.4) is 0 Å². The van der Waals surface area contributed by atoms with Crippen molar-refractivity contribution in [2.24, 2.45) is 5.92 Å². The molecule has 5 heteroatoms. The fraction of sp³-hybridized carbons (Fsp3) is 0.750. The van der Waals surface area contributed by atoms with Gasteiger partial charge in [-0.3, -0.25) is 4.79 Å². The van der Waals surface area contributed by atoms with Gasteiger partial charge in [0, 0.05) is 0 Å². The Morgan fingerprint density at radius 1 is 1.23 bits per heavy atom. The number of hydrogen-bond acceptors (Lipinski definition) is 5. The lowest BCUT2D eigenvalue weighted by atomic mass is 10.1. The maximum Gasteiger partial charge on any atom is 0.334 e. The van der Waals surface area contributed by atoms with Crippen LogP contribution in [0, 0.1) is 5.92 Å². The summed E-state index contributed by atoms with van der Waals surface area (Å²) in [5.41, 5.74) is 0. The molecule has 0 N–H and O–H groups in total. The molecule has 1 heterocycles. The third-order valence-corrected chi connectivity index (χ3v) is 2.00. The van der Waals surface area contributed by atoms with E-state index in [-0.39, 0.29) is 18.5 Å². The molecule has 0 spiro atoms. The number of esters is 2. The van der Waals surface area contributed by atoms with Gasteiger partial charge in [0.2, 0.25) is 0 Å². The molecule has 5 nitrogen and oxygen atoms in total. The highest BCUT2D eigenvalue weighted by molar-refractivity contribution is 5.78. The zero-order chi connectivity index (χ0) is 9.84. The van der Waals surface area contributed by atoms with Crippen LogP contribution in [0.2, 0.25) is 0 Å². The number of carbonyl (C=O) groups is 2. The summed E-state index contributed by atoms with van der Waals surface area (Å²) in [7, 11) is 2.60. The lowest BCUT2D eigenvalue weighted by Crippen LogP contribution is -2.22. The quantitative estimate of drug-likeness (QED) is 0.558. The predicted octanol–water partition coefficient (Wildman–Crippen LogP) is -0.263. The minimum atomic E-state index is -0.617. The van der Waals surface area contributed by atoms with Gasteiger partial charge in [0.05, 0.1) is 26.7 Å². The van der Waals surface area contributed by atoms with Crippen molar-refractivity contribution in [3.05, 3.63) is 0 Å². The molecule has 0 aromatic rings. The Bertz CT molecular complexity index is 191. The first-order valence-electron chi connectivity index (χ1n) is 3.96. The van der Waals surface area contributed by atoms with Crippen LogP contribution < -0.4 is 0 Å².